The third-order valence-electron chi connectivity index (χ3n) is 1.39. The molecular weight excluding hydrogens is 302 g/mol. The monoisotopic (exact) mass is 309 g/mol. The number of carbonyl (C=O) groups is 1. The van der Waals surface area contributed by atoms with Crippen LogP contribution in [0.1, 0.15) is 0 Å². The van der Waals surface area contributed by atoms with Crippen molar-refractivity contribution < 1.29 is 17.9 Å². The van der Waals surface area contributed by atoms with E-state index in [1.165, 1.54) is 6.20 Å². The van der Waals surface area contributed by atoms with Gasteiger partial charge in [-0.2, -0.15) is 8.42 Å². The standard InChI is InChI=1S/C7H8BrN3O4S/c1-15-7(12)11-16(13,14)10-6-5(8)3-2-4-9-6/h2-4H,1H3,(H,9,10)(H,11,12). The van der Waals surface area contributed by atoms with Crippen LogP contribution < -0.4 is 9.44 Å². The van der Waals surface area contributed by atoms with Crippen LogP contribution in [0.2, 0.25) is 0 Å². The van der Waals surface area contributed by atoms with Crippen LogP contribution in [0, 0.1) is 0 Å². The smallest absolute Gasteiger partial charge is 0.422 e. The second-order valence-corrected chi connectivity index (χ2v) is 4.80. The Morgan fingerprint density at radius 1 is 1.56 bits per heavy atom. The Morgan fingerprint density at radius 3 is 2.81 bits per heavy atom. The van der Waals surface area contributed by atoms with Crippen LogP contribution >= 0.6 is 15.9 Å². The first-order chi connectivity index (χ1) is 7.44. The summed E-state index contributed by atoms with van der Waals surface area (Å²) < 4.78 is 31.0. The summed E-state index contributed by atoms with van der Waals surface area (Å²) in [5.41, 5.74) is 0. The summed E-state index contributed by atoms with van der Waals surface area (Å²) in [5, 5.41) is 0. The lowest BCUT2D eigenvalue weighted by atomic mass is 10.5. The zero-order chi connectivity index (χ0) is 12.2. The molecule has 0 bridgehead atoms. The topological polar surface area (TPSA) is 97.4 Å². The van der Waals surface area contributed by atoms with E-state index >= 15 is 0 Å². The predicted molar refractivity (Wildman–Crippen MR) is 60.0 cm³/mol. The van der Waals surface area contributed by atoms with Crippen molar-refractivity contribution in [3.05, 3.63) is 22.8 Å². The molecule has 1 aromatic rings. The van der Waals surface area contributed by atoms with Crippen LogP contribution in [-0.2, 0) is 14.9 Å². The summed E-state index contributed by atoms with van der Waals surface area (Å²) >= 11 is 3.10. The summed E-state index contributed by atoms with van der Waals surface area (Å²) in [6.45, 7) is 0. The van der Waals surface area contributed by atoms with Gasteiger partial charge in [0.05, 0.1) is 11.6 Å². The molecule has 2 N–H and O–H groups in total. The largest absolute Gasteiger partial charge is 0.452 e. The van der Waals surface area contributed by atoms with Crippen LogP contribution in [0.25, 0.3) is 0 Å². The molecule has 0 saturated heterocycles. The van der Waals surface area contributed by atoms with Crippen molar-refractivity contribution in [3.63, 3.8) is 0 Å². The van der Waals surface area contributed by atoms with Crippen LogP contribution in [0.15, 0.2) is 22.8 Å². The van der Waals surface area contributed by atoms with Gasteiger partial charge in [-0.25, -0.2) is 19.2 Å². The number of methoxy groups -OCH3 is 1. The Balaban J connectivity index is 2.81. The van der Waals surface area contributed by atoms with Crippen molar-refractivity contribution in [2.75, 3.05) is 11.8 Å². The number of rotatable bonds is 3. The van der Waals surface area contributed by atoms with Crippen molar-refractivity contribution in [1.29, 1.82) is 0 Å². The highest BCUT2D eigenvalue weighted by Gasteiger charge is 2.16. The van der Waals surface area contributed by atoms with E-state index in [0.29, 0.717) is 4.47 Å². The molecule has 0 fully saturated rings. The van der Waals surface area contributed by atoms with E-state index in [0.717, 1.165) is 7.11 Å². The zero-order valence-electron chi connectivity index (χ0n) is 8.10. The SMILES string of the molecule is COC(=O)NS(=O)(=O)Nc1ncccc1Br. The normalized spacial score (nSPS) is 10.6. The molecule has 0 aliphatic heterocycles. The van der Waals surface area contributed by atoms with Crippen LogP contribution in [0.5, 0.6) is 0 Å². The van der Waals surface area contributed by atoms with E-state index in [4.69, 9.17) is 0 Å². The first-order valence-corrected chi connectivity index (χ1v) is 6.21. The molecule has 0 spiro atoms. The number of carbonyl (C=O) groups excluding carboxylic acids is 1. The third-order valence-corrected chi connectivity index (χ3v) is 2.93. The first-order valence-electron chi connectivity index (χ1n) is 3.93. The molecule has 0 atom stereocenters. The van der Waals surface area contributed by atoms with Gasteiger partial charge in [-0.3, -0.25) is 0 Å². The lowest BCUT2D eigenvalue weighted by Gasteiger charge is -2.08. The first kappa shape index (κ1) is 12.7. The molecule has 0 aliphatic rings. The molecule has 0 unspecified atom stereocenters. The number of nitrogens with one attached hydrogen (secondary N) is 2. The molecule has 0 aromatic carbocycles. The van der Waals surface area contributed by atoms with Crippen molar-refractivity contribution in [2.24, 2.45) is 0 Å². The fourth-order valence-corrected chi connectivity index (χ4v) is 2.02. The lowest BCUT2D eigenvalue weighted by molar-refractivity contribution is 0.177. The second-order valence-electron chi connectivity index (χ2n) is 2.53. The van der Waals surface area contributed by atoms with Gasteiger partial charge in [-0.05, 0) is 28.1 Å². The zero-order valence-corrected chi connectivity index (χ0v) is 10.5. The maximum Gasteiger partial charge on any atom is 0.422 e. The van der Waals surface area contributed by atoms with E-state index in [1.54, 1.807) is 16.9 Å². The summed E-state index contributed by atoms with van der Waals surface area (Å²) in [6, 6.07) is 3.22. The number of anilines is 1. The van der Waals surface area contributed by atoms with Crippen molar-refractivity contribution in [2.45, 2.75) is 0 Å². The van der Waals surface area contributed by atoms with Crippen molar-refractivity contribution in [1.82, 2.24) is 9.71 Å². The van der Waals surface area contributed by atoms with Gasteiger partial charge >= 0.3 is 16.3 Å². The molecule has 7 nitrogen and oxygen atoms in total. The Labute approximate surface area is 101 Å². The van der Waals surface area contributed by atoms with Crippen LogP contribution in [0.3, 0.4) is 0 Å². The molecule has 9 heteroatoms. The van der Waals surface area contributed by atoms with E-state index < -0.39 is 16.3 Å². The number of ether oxygens (including phenoxy) is 1. The lowest BCUT2D eigenvalue weighted by Crippen LogP contribution is -2.35. The highest BCUT2D eigenvalue weighted by molar-refractivity contribution is 9.10. The van der Waals surface area contributed by atoms with Gasteiger partial charge in [-0.15, -0.1) is 0 Å². The van der Waals surface area contributed by atoms with Gasteiger partial charge < -0.3 is 4.74 Å². The number of hydrogen-bond acceptors (Lipinski definition) is 5. The Bertz CT molecular complexity index is 490. The molecule has 16 heavy (non-hydrogen) atoms. The molecule has 0 aliphatic carbocycles. The predicted octanol–water partition coefficient (Wildman–Crippen LogP) is 0.857. The molecule has 1 rings (SSSR count). The molecule has 1 heterocycles. The quantitative estimate of drug-likeness (QED) is 0.863. The average Bonchev–Trinajstić information content (AvgIpc) is 2.20. The third kappa shape index (κ3) is 3.66. The number of halogens is 1. The summed E-state index contributed by atoms with van der Waals surface area (Å²) in [6.07, 6.45) is 0.320. The molecule has 88 valence electrons. The van der Waals surface area contributed by atoms with E-state index in [1.807, 2.05) is 0 Å². The minimum Gasteiger partial charge on any atom is -0.452 e. The molecule has 0 radical (unpaired) electrons. The minimum absolute atomic E-state index is 0.0684. The van der Waals surface area contributed by atoms with Gasteiger partial charge in [0.1, 0.15) is 0 Å². The van der Waals surface area contributed by atoms with E-state index in [9.17, 15) is 13.2 Å². The maximum atomic E-state index is 11.3. The summed E-state index contributed by atoms with van der Waals surface area (Å²) in [7, 11) is -2.98. The fourth-order valence-electron chi connectivity index (χ4n) is 0.765. The molecule has 1 aromatic heterocycles. The van der Waals surface area contributed by atoms with E-state index in [2.05, 4.69) is 30.4 Å². The maximum absolute atomic E-state index is 11.3. The number of amides is 1. The highest BCUT2D eigenvalue weighted by Crippen LogP contribution is 2.18. The number of aromatic nitrogens is 1. The Kier molecular flexibility index (Phi) is 4.07. The fraction of sp³-hybridized carbons (Fsp3) is 0.143. The Hall–Kier alpha value is -1.35. The average molecular weight is 310 g/mol. The minimum atomic E-state index is -4.04. The molecular formula is C7H8BrN3O4S. The summed E-state index contributed by atoms with van der Waals surface area (Å²) in [5.74, 6) is 0.0684. The molecule has 0 saturated carbocycles. The summed E-state index contributed by atoms with van der Waals surface area (Å²) in [4.78, 5) is 14.5. The van der Waals surface area contributed by atoms with Gasteiger partial charge in [0.2, 0.25) is 0 Å². The van der Waals surface area contributed by atoms with Gasteiger partial charge in [0, 0.05) is 6.20 Å². The highest BCUT2D eigenvalue weighted by atomic mass is 79.9. The van der Waals surface area contributed by atoms with Crippen LogP contribution in [0.4, 0.5) is 10.6 Å². The van der Waals surface area contributed by atoms with Gasteiger partial charge in [0.25, 0.3) is 0 Å². The van der Waals surface area contributed by atoms with Gasteiger partial charge in [0.15, 0.2) is 5.82 Å². The Morgan fingerprint density at radius 2 is 2.25 bits per heavy atom. The number of nitrogens with zero attached hydrogens (tertiary/aromatic N) is 1. The number of hydrogen-bond donors (Lipinski definition) is 2. The van der Waals surface area contributed by atoms with Gasteiger partial charge in [-0.1, -0.05) is 0 Å². The second kappa shape index (κ2) is 5.12. The van der Waals surface area contributed by atoms with Crippen molar-refractivity contribution in [3.8, 4) is 0 Å². The van der Waals surface area contributed by atoms with Crippen LogP contribution in [-0.4, -0.2) is 26.6 Å². The van der Waals surface area contributed by atoms with E-state index in [-0.39, 0.29) is 5.82 Å². The van der Waals surface area contributed by atoms with Crippen molar-refractivity contribution >= 4 is 38.1 Å². The number of pyridine rings is 1. The molecule has 1 amide bonds.